The summed E-state index contributed by atoms with van der Waals surface area (Å²) in [4.78, 5) is 0. The molecule has 3 N–H and O–H groups in total. The van der Waals surface area contributed by atoms with Crippen molar-refractivity contribution in [1.82, 2.24) is 0 Å². The summed E-state index contributed by atoms with van der Waals surface area (Å²) in [5.74, 6) is 0. The van der Waals surface area contributed by atoms with Crippen molar-refractivity contribution in [2.75, 3.05) is 13.2 Å². The molecule has 0 aliphatic rings. The zero-order chi connectivity index (χ0) is 3.41. The SMILES string of the molecule is I.NCCO.[AlH3]. The Labute approximate surface area is 65.3 Å². The van der Waals surface area contributed by atoms with Crippen molar-refractivity contribution in [3.63, 3.8) is 0 Å². The average molecular weight is 219 g/mol. The highest BCUT2D eigenvalue weighted by atomic mass is 127. The number of hydrogen-bond acceptors (Lipinski definition) is 2. The van der Waals surface area contributed by atoms with Gasteiger partial charge in [-0.2, -0.15) is 0 Å². The van der Waals surface area contributed by atoms with Gasteiger partial charge >= 0.3 is 0 Å². The molecule has 0 saturated heterocycles. The quantitative estimate of drug-likeness (QED) is 0.411. The summed E-state index contributed by atoms with van der Waals surface area (Å²) in [7, 11) is 0. The molecule has 0 aromatic carbocycles. The van der Waals surface area contributed by atoms with Gasteiger partial charge in [-0.3, -0.25) is 0 Å². The molecule has 0 aliphatic carbocycles. The first kappa shape index (κ1) is 15.7. The van der Waals surface area contributed by atoms with Gasteiger partial charge in [-0.15, -0.1) is 24.0 Å². The minimum Gasteiger partial charge on any atom is -0.395 e. The van der Waals surface area contributed by atoms with Crippen molar-refractivity contribution in [1.29, 1.82) is 0 Å². The molecule has 0 radical (unpaired) electrons. The third kappa shape index (κ3) is 19.0. The molecule has 0 amide bonds. The van der Waals surface area contributed by atoms with Crippen LogP contribution in [-0.2, 0) is 0 Å². The summed E-state index contributed by atoms with van der Waals surface area (Å²) in [6.45, 7) is 0.472. The molecule has 0 aliphatic heterocycles. The molecule has 0 atom stereocenters. The van der Waals surface area contributed by atoms with E-state index >= 15 is 0 Å². The van der Waals surface area contributed by atoms with Gasteiger partial charge in [0.05, 0.1) is 6.61 Å². The first-order valence-electron chi connectivity index (χ1n) is 1.22. The Bertz CT molecular complexity index is 15.5. The van der Waals surface area contributed by atoms with Gasteiger partial charge in [-0.05, 0) is 0 Å². The van der Waals surface area contributed by atoms with E-state index in [-0.39, 0.29) is 47.9 Å². The van der Waals surface area contributed by atoms with Crippen LogP contribution in [0.5, 0.6) is 0 Å². The normalized spacial score (nSPS) is 5.00. The number of aliphatic hydroxyl groups excluding tert-OH is 1. The molecule has 2 nitrogen and oxygen atoms in total. The van der Waals surface area contributed by atoms with E-state index in [1.165, 1.54) is 0 Å². The maximum atomic E-state index is 7.75. The maximum absolute atomic E-state index is 7.75. The van der Waals surface area contributed by atoms with Crippen molar-refractivity contribution < 1.29 is 5.11 Å². The van der Waals surface area contributed by atoms with E-state index in [1.54, 1.807) is 0 Å². The summed E-state index contributed by atoms with van der Waals surface area (Å²) < 4.78 is 0. The largest absolute Gasteiger partial charge is 0.395 e. The van der Waals surface area contributed by atoms with Crippen LogP contribution < -0.4 is 5.73 Å². The van der Waals surface area contributed by atoms with Crippen LogP contribution in [0.4, 0.5) is 0 Å². The fourth-order valence-electron chi connectivity index (χ4n) is 0. The smallest absolute Gasteiger partial charge is 0.187 e. The van der Waals surface area contributed by atoms with Crippen LogP contribution in [0.25, 0.3) is 0 Å². The molecule has 6 heavy (non-hydrogen) atoms. The summed E-state index contributed by atoms with van der Waals surface area (Å²) in [5.41, 5.74) is 4.78. The predicted molar refractivity (Wildman–Crippen MR) is 41.5 cm³/mol. The van der Waals surface area contributed by atoms with E-state index in [0.717, 1.165) is 0 Å². The fraction of sp³-hybridized carbons (Fsp3) is 1.00. The molecule has 40 valence electrons. The Morgan fingerprint density at radius 2 is 1.67 bits per heavy atom. The van der Waals surface area contributed by atoms with Crippen molar-refractivity contribution >= 4 is 41.3 Å². The van der Waals surface area contributed by atoms with Crippen molar-refractivity contribution in [3.05, 3.63) is 0 Å². The highest BCUT2D eigenvalue weighted by Crippen LogP contribution is 1.33. The predicted octanol–water partition coefficient (Wildman–Crippen LogP) is -1.63. The second-order valence-corrected chi connectivity index (χ2v) is 0.512. The monoisotopic (exact) mass is 219 g/mol. The molecular formula is C2H11AlINO. The first-order chi connectivity index (χ1) is 1.91. The van der Waals surface area contributed by atoms with Crippen LogP contribution in [0.2, 0.25) is 0 Å². The molecule has 0 heterocycles. The van der Waals surface area contributed by atoms with Gasteiger partial charge < -0.3 is 10.8 Å². The van der Waals surface area contributed by atoms with Crippen LogP contribution in [0.1, 0.15) is 0 Å². The van der Waals surface area contributed by atoms with Gasteiger partial charge in [0, 0.05) is 6.54 Å². The highest BCUT2D eigenvalue weighted by Gasteiger charge is 1.56. The zero-order valence-electron chi connectivity index (χ0n) is 2.85. The average Bonchev–Trinajstić information content (AvgIpc) is 1.37. The molecule has 0 aromatic rings. The van der Waals surface area contributed by atoms with Crippen molar-refractivity contribution in [2.24, 2.45) is 5.73 Å². The van der Waals surface area contributed by atoms with E-state index in [1.807, 2.05) is 0 Å². The second kappa shape index (κ2) is 16.4. The van der Waals surface area contributed by atoms with Gasteiger partial charge in [-0.1, -0.05) is 0 Å². The Morgan fingerprint density at radius 3 is 1.67 bits per heavy atom. The molecule has 0 bridgehead atoms. The molecule has 0 aromatic heterocycles. The second-order valence-electron chi connectivity index (χ2n) is 0.512. The van der Waals surface area contributed by atoms with Crippen molar-refractivity contribution in [3.8, 4) is 0 Å². The van der Waals surface area contributed by atoms with E-state index in [2.05, 4.69) is 0 Å². The number of halogens is 1. The van der Waals surface area contributed by atoms with Gasteiger partial charge in [0.2, 0.25) is 0 Å². The van der Waals surface area contributed by atoms with Gasteiger partial charge in [0.25, 0.3) is 0 Å². The van der Waals surface area contributed by atoms with Crippen molar-refractivity contribution in [2.45, 2.75) is 0 Å². The van der Waals surface area contributed by atoms with E-state index < -0.39 is 0 Å². The molecule has 0 spiro atoms. The standard InChI is InChI=1S/C2H7NO.Al.HI.3H/c3-1-2-4;;;;;/h4H,1-3H2;;1H;;;. The van der Waals surface area contributed by atoms with Crippen LogP contribution >= 0.6 is 24.0 Å². The van der Waals surface area contributed by atoms with Crippen LogP contribution in [-0.4, -0.2) is 35.6 Å². The molecular weight excluding hydrogens is 208 g/mol. The summed E-state index contributed by atoms with van der Waals surface area (Å²) in [6, 6.07) is 0. The molecule has 0 saturated carbocycles. The lowest BCUT2D eigenvalue weighted by molar-refractivity contribution is 0.306. The summed E-state index contributed by atoms with van der Waals surface area (Å²) in [5, 5.41) is 7.75. The highest BCUT2D eigenvalue weighted by molar-refractivity contribution is 14.0. The Morgan fingerprint density at radius 1 is 1.50 bits per heavy atom. The topological polar surface area (TPSA) is 46.2 Å². The van der Waals surface area contributed by atoms with E-state index in [9.17, 15) is 0 Å². The molecule has 0 unspecified atom stereocenters. The molecule has 0 rings (SSSR count). The maximum Gasteiger partial charge on any atom is 0.187 e. The zero-order valence-corrected chi connectivity index (χ0v) is 5.18. The minimum absolute atomic E-state index is 0. The first-order valence-corrected chi connectivity index (χ1v) is 1.22. The fourth-order valence-corrected chi connectivity index (χ4v) is 0. The van der Waals surface area contributed by atoms with Gasteiger partial charge in [0.15, 0.2) is 17.4 Å². The number of hydrogen-bond donors (Lipinski definition) is 2. The van der Waals surface area contributed by atoms with E-state index in [0.29, 0.717) is 6.54 Å². The van der Waals surface area contributed by atoms with Gasteiger partial charge in [0.1, 0.15) is 0 Å². The lowest BCUT2D eigenvalue weighted by atomic mass is 10.8. The van der Waals surface area contributed by atoms with Crippen LogP contribution in [0.15, 0.2) is 0 Å². The summed E-state index contributed by atoms with van der Waals surface area (Å²) >= 11 is 0. The summed E-state index contributed by atoms with van der Waals surface area (Å²) in [6.07, 6.45) is 0. The van der Waals surface area contributed by atoms with E-state index in [4.69, 9.17) is 10.8 Å². The number of nitrogens with two attached hydrogens (primary N) is 1. The van der Waals surface area contributed by atoms with Crippen LogP contribution in [0, 0.1) is 0 Å². The van der Waals surface area contributed by atoms with Crippen LogP contribution in [0.3, 0.4) is 0 Å². The Kier molecular flexibility index (Phi) is 42.9. The lowest BCUT2D eigenvalue weighted by Crippen LogP contribution is -2.02. The lowest BCUT2D eigenvalue weighted by Gasteiger charge is -1.71. The molecule has 4 heteroatoms. The number of aliphatic hydroxyl groups is 1. The van der Waals surface area contributed by atoms with Gasteiger partial charge in [-0.25, -0.2) is 0 Å². The Hall–Kier alpha value is 1.18. The Balaban J connectivity index is -0.0000000450. The third-order valence-corrected chi connectivity index (χ3v) is 0.129. The molecule has 0 fully saturated rings. The minimum atomic E-state index is 0. The number of rotatable bonds is 1. The third-order valence-electron chi connectivity index (χ3n) is 0.129.